The van der Waals surface area contributed by atoms with E-state index in [0.717, 1.165) is 13.0 Å². The lowest BCUT2D eigenvalue weighted by Crippen LogP contribution is -2.50. The zero-order chi connectivity index (χ0) is 10.4. The van der Waals surface area contributed by atoms with E-state index in [0.29, 0.717) is 0 Å². The SMILES string of the molecule is CCCO[Si](C)(OC)c1ccccc1. The quantitative estimate of drug-likeness (QED) is 0.692. The number of hydrogen-bond donors (Lipinski definition) is 0. The molecule has 0 aliphatic heterocycles. The molecule has 0 saturated heterocycles. The molecule has 1 rings (SSSR count). The first kappa shape index (κ1) is 11.4. The monoisotopic (exact) mass is 210 g/mol. The fraction of sp³-hybridized carbons (Fsp3) is 0.455. The van der Waals surface area contributed by atoms with Gasteiger partial charge < -0.3 is 8.85 Å². The molecule has 1 aromatic rings. The van der Waals surface area contributed by atoms with Crippen LogP contribution in [0, 0.1) is 0 Å². The van der Waals surface area contributed by atoms with Crippen molar-refractivity contribution in [2.75, 3.05) is 13.7 Å². The van der Waals surface area contributed by atoms with Crippen LogP contribution in [0.15, 0.2) is 30.3 Å². The van der Waals surface area contributed by atoms with Gasteiger partial charge in [-0.2, -0.15) is 0 Å². The second-order valence-electron chi connectivity index (χ2n) is 3.36. The molecule has 0 bridgehead atoms. The lowest BCUT2D eigenvalue weighted by atomic mass is 10.4. The van der Waals surface area contributed by atoms with Gasteiger partial charge in [-0.25, -0.2) is 0 Å². The van der Waals surface area contributed by atoms with E-state index < -0.39 is 8.56 Å². The van der Waals surface area contributed by atoms with E-state index >= 15 is 0 Å². The first-order valence-electron chi connectivity index (χ1n) is 4.97. The van der Waals surface area contributed by atoms with Crippen LogP contribution in [0.1, 0.15) is 13.3 Å². The molecular weight excluding hydrogens is 192 g/mol. The molecule has 0 radical (unpaired) electrons. The van der Waals surface area contributed by atoms with Crippen molar-refractivity contribution < 1.29 is 8.85 Å². The number of rotatable bonds is 5. The van der Waals surface area contributed by atoms with Crippen LogP contribution < -0.4 is 5.19 Å². The fourth-order valence-electron chi connectivity index (χ4n) is 1.30. The molecule has 1 atom stereocenters. The third kappa shape index (κ3) is 2.67. The smallest absolute Gasteiger partial charge is 0.369 e. The van der Waals surface area contributed by atoms with E-state index in [9.17, 15) is 0 Å². The molecule has 2 nitrogen and oxygen atoms in total. The van der Waals surface area contributed by atoms with Crippen LogP contribution in [-0.4, -0.2) is 22.3 Å². The van der Waals surface area contributed by atoms with Crippen molar-refractivity contribution in [3.05, 3.63) is 30.3 Å². The third-order valence-corrected chi connectivity index (χ3v) is 5.19. The number of hydrogen-bond acceptors (Lipinski definition) is 2. The maximum atomic E-state index is 5.83. The molecule has 0 aromatic heterocycles. The van der Waals surface area contributed by atoms with Gasteiger partial charge in [0.25, 0.3) is 0 Å². The molecule has 0 heterocycles. The van der Waals surface area contributed by atoms with Gasteiger partial charge in [0.05, 0.1) is 0 Å². The van der Waals surface area contributed by atoms with E-state index in [1.807, 2.05) is 18.2 Å². The molecule has 1 unspecified atom stereocenters. The van der Waals surface area contributed by atoms with Crippen LogP contribution in [0.25, 0.3) is 0 Å². The van der Waals surface area contributed by atoms with Crippen molar-refractivity contribution in [1.82, 2.24) is 0 Å². The molecule has 0 aliphatic carbocycles. The minimum atomic E-state index is -2.12. The average Bonchev–Trinajstić information content (AvgIpc) is 2.27. The van der Waals surface area contributed by atoms with Crippen LogP contribution in [0.2, 0.25) is 6.55 Å². The maximum absolute atomic E-state index is 5.83. The zero-order valence-electron chi connectivity index (χ0n) is 9.12. The normalized spacial score (nSPS) is 15.1. The summed E-state index contributed by atoms with van der Waals surface area (Å²) in [6.07, 6.45) is 1.03. The molecular formula is C11H18O2Si. The molecule has 0 aliphatic rings. The second kappa shape index (κ2) is 5.29. The van der Waals surface area contributed by atoms with Gasteiger partial charge in [-0.3, -0.25) is 0 Å². The Morgan fingerprint density at radius 2 is 1.86 bits per heavy atom. The van der Waals surface area contributed by atoms with Crippen molar-refractivity contribution in [1.29, 1.82) is 0 Å². The van der Waals surface area contributed by atoms with Crippen LogP contribution in [-0.2, 0) is 8.85 Å². The first-order valence-corrected chi connectivity index (χ1v) is 7.29. The van der Waals surface area contributed by atoms with Gasteiger partial charge in [0.1, 0.15) is 0 Å². The van der Waals surface area contributed by atoms with Crippen LogP contribution in [0.4, 0.5) is 0 Å². The van der Waals surface area contributed by atoms with Gasteiger partial charge >= 0.3 is 8.56 Å². The first-order chi connectivity index (χ1) is 6.73. The van der Waals surface area contributed by atoms with Crippen molar-refractivity contribution in [3.63, 3.8) is 0 Å². The average molecular weight is 210 g/mol. The summed E-state index contributed by atoms with van der Waals surface area (Å²) in [6, 6.07) is 10.2. The molecule has 0 saturated carbocycles. The topological polar surface area (TPSA) is 18.5 Å². The summed E-state index contributed by atoms with van der Waals surface area (Å²) in [6.45, 7) is 4.96. The fourth-order valence-corrected chi connectivity index (χ4v) is 3.21. The van der Waals surface area contributed by atoms with E-state index in [4.69, 9.17) is 8.85 Å². The number of benzene rings is 1. The molecule has 1 aromatic carbocycles. The Bertz CT molecular complexity index is 263. The predicted molar refractivity (Wildman–Crippen MR) is 60.9 cm³/mol. The van der Waals surface area contributed by atoms with Gasteiger partial charge in [0, 0.05) is 13.7 Å². The summed E-state index contributed by atoms with van der Waals surface area (Å²) < 4.78 is 11.4. The van der Waals surface area contributed by atoms with Gasteiger partial charge in [-0.15, -0.1) is 0 Å². The predicted octanol–water partition coefficient (Wildman–Crippen LogP) is 2.04. The van der Waals surface area contributed by atoms with Crippen LogP contribution >= 0.6 is 0 Å². The maximum Gasteiger partial charge on any atom is 0.369 e. The van der Waals surface area contributed by atoms with Crippen molar-refractivity contribution >= 4 is 13.7 Å². The van der Waals surface area contributed by atoms with Crippen molar-refractivity contribution in [2.45, 2.75) is 19.9 Å². The molecule has 14 heavy (non-hydrogen) atoms. The Labute approximate surface area is 87.1 Å². The highest BCUT2D eigenvalue weighted by atomic mass is 28.4. The van der Waals surface area contributed by atoms with E-state index in [1.54, 1.807) is 7.11 Å². The molecule has 0 fully saturated rings. The van der Waals surface area contributed by atoms with E-state index in [1.165, 1.54) is 5.19 Å². The Morgan fingerprint density at radius 3 is 2.36 bits per heavy atom. The van der Waals surface area contributed by atoms with Gasteiger partial charge in [0.15, 0.2) is 0 Å². The second-order valence-corrected chi connectivity index (χ2v) is 6.53. The summed E-state index contributed by atoms with van der Waals surface area (Å²) in [5, 5.41) is 1.19. The van der Waals surface area contributed by atoms with Gasteiger partial charge in [0.2, 0.25) is 0 Å². The third-order valence-electron chi connectivity index (χ3n) is 2.27. The van der Waals surface area contributed by atoms with Crippen molar-refractivity contribution in [2.24, 2.45) is 0 Å². The minimum Gasteiger partial charge on any atom is -0.394 e. The standard InChI is InChI=1S/C11H18O2Si/c1-4-10-13-14(3,12-2)11-8-6-5-7-9-11/h5-9H,4,10H2,1-3H3. The Morgan fingerprint density at radius 1 is 1.21 bits per heavy atom. The highest BCUT2D eigenvalue weighted by molar-refractivity contribution is 6.79. The molecule has 3 heteroatoms. The Balaban J connectivity index is 2.79. The lowest BCUT2D eigenvalue weighted by Gasteiger charge is -2.25. The largest absolute Gasteiger partial charge is 0.394 e. The summed E-state index contributed by atoms with van der Waals surface area (Å²) in [5.41, 5.74) is 0. The highest BCUT2D eigenvalue weighted by Gasteiger charge is 2.32. The summed E-state index contributed by atoms with van der Waals surface area (Å²) in [5.74, 6) is 0. The molecule has 0 N–H and O–H groups in total. The molecule has 0 amide bonds. The Hall–Kier alpha value is -0.643. The van der Waals surface area contributed by atoms with Crippen molar-refractivity contribution in [3.8, 4) is 0 Å². The van der Waals surface area contributed by atoms with Gasteiger partial charge in [-0.05, 0) is 18.2 Å². The molecule has 78 valence electrons. The zero-order valence-corrected chi connectivity index (χ0v) is 10.1. The summed E-state index contributed by atoms with van der Waals surface area (Å²) in [4.78, 5) is 0. The van der Waals surface area contributed by atoms with Crippen LogP contribution in [0.5, 0.6) is 0 Å². The molecule has 0 spiro atoms. The summed E-state index contributed by atoms with van der Waals surface area (Å²) >= 11 is 0. The van der Waals surface area contributed by atoms with Gasteiger partial charge in [-0.1, -0.05) is 37.3 Å². The Kier molecular flexibility index (Phi) is 4.32. The lowest BCUT2D eigenvalue weighted by molar-refractivity contribution is 0.218. The summed E-state index contributed by atoms with van der Waals surface area (Å²) in [7, 11) is -0.389. The van der Waals surface area contributed by atoms with E-state index in [2.05, 4.69) is 25.6 Å². The minimum absolute atomic E-state index is 0.769. The van der Waals surface area contributed by atoms with Crippen LogP contribution in [0.3, 0.4) is 0 Å². The van der Waals surface area contributed by atoms with E-state index in [-0.39, 0.29) is 0 Å². The highest BCUT2D eigenvalue weighted by Crippen LogP contribution is 2.06.